The molecule has 2 rings (SSSR count). The zero-order valence-electron chi connectivity index (χ0n) is 14.7. The Morgan fingerprint density at radius 3 is 2.65 bits per heavy atom. The number of carbonyl (C=O) groups is 2. The van der Waals surface area contributed by atoms with Crippen molar-refractivity contribution in [2.75, 3.05) is 19.0 Å². The van der Waals surface area contributed by atoms with E-state index in [1.807, 2.05) is 19.1 Å². The van der Waals surface area contributed by atoms with Crippen molar-refractivity contribution in [1.82, 2.24) is 0 Å². The van der Waals surface area contributed by atoms with E-state index < -0.39 is 18.0 Å². The second-order valence-electron chi connectivity index (χ2n) is 5.57. The minimum Gasteiger partial charge on any atom is -0.495 e. The van der Waals surface area contributed by atoms with Gasteiger partial charge in [-0.25, -0.2) is 4.79 Å². The molecule has 0 bridgehead atoms. The van der Waals surface area contributed by atoms with Crippen LogP contribution >= 0.6 is 11.6 Å². The number of hydrogen-bond acceptors (Lipinski definition) is 5. The van der Waals surface area contributed by atoms with E-state index in [1.165, 1.54) is 14.0 Å². The van der Waals surface area contributed by atoms with Crippen LogP contribution in [0.4, 0.5) is 5.69 Å². The number of esters is 1. The fourth-order valence-electron chi connectivity index (χ4n) is 2.14. The molecule has 2 aromatic carbocycles. The molecule has 6 nitrogen and oxygen atoms in total. The molecule has 0 saturated carbocycles. The smallest absolute Gasteiger partial charge is 0.344 e. The number of anilines is 1. The van der Waals surface area contributed by atoms with Gasteiger partial charge in [0.05, 0.1) is 12.8 Å². The van der Waals surface area contributed by atoms with Crippen LogP contribution in [0, 0.1) is 6.92 Å². The largest absolute Gasteiger partial charge is 0.495 e. The summed E-state index contributed by atoms with van der Waals surface area (Å²) < 4.78 is 15.6. The SMILES string of the molecule is COc1ccc(Cl)cc1NC(=O)C(C)OC(=O)COc1cccc(C)c1. The van der Waals surface area contributed by atoms with E-state index in [2.05, 4.69) is 5.32 Å². The van der Waals surface area contributed by atoms with Crippen molar-refractivity contribution in [3.63, 3.8) is 0 Å². The van der Waals surface area contributed by atoms with E-state index in [9.17, 15) is 9.59 Å². The number of hydrogen-bond donors (Lipinski definition) is 1. The molecule has 0 radical (unpaired) electrons. The van der Waals surface area contributed by atoms with Crippen molar-refractivity contribution in [3.05, 3.63) is 53.1 Å². The Balaban J connectivity index is 1.88. The van der Waals surface area contributed by atoms with E-state index in [0.717, 1.165) is 5.56 Å². The van der Waals surface area contributed by atoms with E-state index in [1.54, 1.807) is 30.3 Å². The highest BCUT2D eigenvalue weighted by atomic mass is 35.5. The second kappa shape index (κ2) is 9.10. The molecule has 2 aromatic rings. The number of amides is 1. The number of aryl methyl sites for hydroxylation is 1. The van der Waals surface area contributed by atoms with Crippen molar-refractivity contribution in [3.8, 4) is 11.5 Å². The molecule has 138 valence electrons. The molecule has 1 atom stereocenters. The van der Waals surface area contributed by atoms with Gasteiger partial charge in [0.2, 0.25) is 0 Å². The van der Waals surface area contributed by atoms with Gasteiger partial charge in [0.25, 0.3) is 5.91 Å². The molecular formula is C19H20ClNO5. The first-order valence-electron chi connectivity index (χ1n) is 7.92. The van der Waals surface area contributed by atoms with Gasteiger partial charge in [-0.15, -0.1) is 0 Å². The van der Waals surface area contributed by atoms with Gasteiger partial charge in [-0.2, -0.15) is 0 Å². The van der Waals surface area contributed by atoms with Gasteiger partial charge in [-0.3, -0.25) is 4.79 Å². The van der Waals surface area contributed by atoms with Crippen LogP contribution in [0.3, 0.4) is 0 Å². The summed E-state index contributed by atoms with van der Waals surface area (Å²) in [6.45, 7) is 3.10. The van der Waals surface area contributed by atoms with Gasteiger partial charge in [-0.1, -0.05) is 23.7 Å². The Morgan fingerprint density at radius 2 is 1.96 bits per heavy atom. The predicted molar refractivity (Wildman–Crippen MR) is 98.9 cm³/mol. The number of rotatable bonds is 7. The lowest BCUT2D eigenvalue weighted by Gasteiger charge is -2.15. The van der Waals surface area contributed by atoms with Crippen molar-refractivity contribution in [2.24, 2.45) is 0 Å². The normalized spacial score (nSPS) is 11.4. The Bertz CT molecular complexity index is 793. The van der Waals surface area contributed by atoms with Crippen molar-refractivity contribution in [1.29, 1.82) is 0 Å². The summed E-state index contributed by atoms with van der Waals surface area (Å²) in [5.41, 5.74) is 1.41. The third-order valence-corrected chi connectivity index (χ3v) is 3.68. The standard InChI is InChI=1S/C19H20ClNO5/c1-12-5-4-6-15(9-12)25-11-18(22)26-13(2)19(23)21-16-10-14(20)7-8-17(16)24-3/h4-10,13H,11H2,1-3H3,(H,21,23). The number of benzene rings is 2. The molecule has 0 saturated heterocycles. The lowest BCUT2D eigenvalue weighted by atomic mass is 10.2. The van der Waals surface area contributed by atoms with Gasteiger partial charge >= 0.3 is 5.97 Å². The molecule has 1 unspecified atom stereocenters. The predicted octanol–water partition coefficient (Wildman–Crippen LogP) is 3.61. The van der Waals surface area contributed by atoms with Crippen molar-refractivity contribution in [2.45, 2.75) is 20.0 Å². The topological polar surface area (TPSA) is 73.9 Å². The summed E-state index contributed by atoms with van der Waals surface area (Å²) in [6, 6.07) is 12.1. The molecule has 0 spiro atoms. The summed E-state index contributed by atoms with van der Waals surface area (Å²) >= 11 is 5.92. The molecule has 0 aliphatic rings. The number of nitrogens with one attached hydrogen (secondary N) is 1. The van der Waals surface area contributed by atoms with E-state index in [0.29, 0.717) is 22.2 Å². The average molecular weight is 378 g/mol. The van der Waals surface area contributed by atoms with Crippen LogP contribution in [-0.4, -0.2) is 31.7 Å². The van der Waals surface area contributed by atoms with Crippen LogP contribution < -0.4 is 14.8 Å². The maximum atomic E-state index is 12.2. The van der Waals surface area contributed by atoms with E-state index >= 15 is 0 Å². The molecule has 0 fully saturated rings. The van der Waals surface area contributed by atoms with Gasteiger partial charge < -0.3 is 19.5 Å². The van der Waals surface area contributed by atoms with E-state index in [-0.39, 0.29) is 6.61 Å². The number of ether oxygens (including phenoxy) is 3. The maximum Gasteiger partial charge on any atom is 0.344 e. The molecular weight excluding hydrogens is 358 g/mol. The van der Waals surface area contributed by atoms with Crippen molar-refractivity contribution >= 4 is 29.2 Å². The fraction of sp³-hybridized carbons (Fsp3) is 0.263. The Labute approximate surface area is 157 Å². The van der Waals surface area contributed by atoms with Crippen LogP contribution in [0.25, 0.3) is 0 Å². The third-order valence-electron chi connectivity index (χ3n) is 3.44. The van der Waals surface area contributed by atoms with Crippen LogP contribution in [0.5, 0.6) is 11.5 Å². The van der Waals surface area contributed by atoms with Gasteiger partial charge in [-0.05, 0) is 49.7 Å². The lowest BCUT2D eigenvalue weighted by molar-refractivity contribution is -0.155. The van der Waals surface area contributed by atoms with Gasteiger partial charge in [0, 0.05) is 5.02 Å². The second-order valence-corrected chi connectivity index (χ2v) is 6.01. The molecule has 1 N–H and O–H groups in total. The number of carbonyl (C=O) groups excluding carboxylic acids is 2. The van der Waals surface area contributed by atoms with Crippen molar-refractivity contribution < 1.29 is 23.8 Å². The number of halogens is 1. The number of methoxy groups -OCH3 is 1. The Hall–Kier alpha value is -2.73. The van der Waals surface area contributed by atoms with E-state index in [4.69, 9.17) is 25.8 Å². The van der Waals surface area contributed by atoms with Crippen LogP contribution in [0.1, 0.15) is 12.5 Å². The first-order valence-corrected chi connectivity index (χ1v) is 8.30. The monoisotopic (exact) mass is 377 g/mol. The Morgan fingerprint density at radius 1 is 1.19 bits per heavy atom. The lowest BCUT2D eigenvalue weighted by Crippen LogP contribution is -2.31. The third kappa shape index (κ3) is 5.67. The van der Waals surface area contributed by atoms with Gasteiger partial charge in [0.1, 0.15) is 11.5 Å². The first kappa shape index (κ1) is 19.6. The first-order chi connectivity index (χ1) is 12.4. The minimum absolute atomic E-state index is 0.290. The summed E-state index contributed by atoms with van der Waals surface area (Å²) in [5, 5.41) is 3.06. The zero-order valence-corrected chi connectivity index (χ0v) is 15.5. The molecule has 1 amide bonds. The molecule has 26 heavy (non-hydrogen) atoms. The van der Waals surface area contributed by atoms with Gasteiger partial charge in [0.15, 0.2) is 12.7 Å². The summed E-state index contributed by atoms with van der Waals surface area (Å²) in [5.74, 6) is -0.145. The minimum atomic E-state index is -1.01. The van der Waals surface area contributed by atoms with Crippen LogP contribution in [0.2, 0.25) is 5.02 Å². The summed E-state index contributed by atoms with van der Waals surface area (Å²) in [4.78, 5) is 24.1. The molecule has 0 aromatic heterocycles. The average Bonchev–Trinajstić information content (AvgIpc) is 2.60. The quantitative estimate of drug-likeness (QED) is 0.746. The molecule has 0 aliphatic heterocycles. The summed E-state index contributed by atoms with van der Waals surface area (Å²) in [7, 11) is 1.48. The highest BCUT2D eigenvalue weighted by molar-refractivity contribution is 6.31. The molecule has 7 heteroatoms. The Kier molecular flexibility index (Phi) is 6.86. The van der Waals surface area contributed by atoms with Crippen LogP contribution in [0.15, 0.2) is 42.5 Å². The van der Waals surface area contributed by atoms with Crippen LogP contribution in [-0.2, 0) is 14.3 Å². The highest BCUT2D eigenvalue weighted by Crippen LogP contribution is 2.27. The highest BCUT2D eigenvalue weighted by Gasteiger charge is 2.19. The molecule has 0 heterocycles. The fourth-order valence-corrected chi connectivity index (χ4v) is 2.32. The zero-order chi connectivity index (χ0) is 19.1. The molecule has 0 aliphatic carbocycles. The summed E-state index contributed by atoms with van der Waals surface area (Å²) in [6.07, 6.45) is -1.01. The maximum absolute atomic E-state index is 12.2.